The number of amidine groups is 1. The minimum atomic E-state index is -0.0469. The minimum absolute atomic E-state index is 0.0469. The first kappa shape index (κ1) is 23.3. The Hall–Kier alpha value is -3.49. The molecule has 0 saturated carbocycles. The summed E-state index contributed by atoms with van der Waals surface area (Å²) in [6.45, 7) is 3.31. The first-order valence-corrected chi connectivity index (χ1v) is 12.5. The number of rotatable bonds is 5. The van der Waals surface area contributed by atoms with E-state index in [0.29, 0.717) is 10.1 Å². The lowest BCUT2D eigenvalue weighted by molar-refractivity contribution is -0.121. The predicted octanol–water partition coefficient (Wildman–Crippen LogP) is 4.61. The first-order valence-electron chi connectivity index (χ1n) is 11.6. The highest BCUT2D eigenvalue weighted by atomic mass is 32.2. The van der Waals surface area contributed by atoms with Crippen molar-refractivity contribution in [1.29, 1.82) is 0 Å². The smallest absolute Gasteiger partial charge is 0.266 e. The highest BCUT2D eigenvalue weighted by Crippen LogP contribution is 2.34. The summed E-state index contributed by atoms with van der Waals surface area (Å²) in [7, 11) is 5.82. The van der Waals surface area contributed by atoms with Crippen molar-refractivity contribution < 1.29 is 9.53 Å². The van der Waals surface area contributed by atoms with Crippen LogP contribution in [-0.4, -0.2) is 68.0 Å². The Morgan fingerprint density at radius 3 is 2.34 bits per heavy atom. The molecule has 7 nitrogen and oxygen atoms in total. The van der Waals surface area contributed by atoms with E-state index in [1.54, 1.807) is 11.9 Å². The number of morpholine rings is 1. The average Bonchev–Trinajstić information content (AvgIpc) is 3.45. The summed E-state index contributed by atoms with van der Waals surface area (Å²) in [6.07, 6.45) is 3.95. The second-order valence-electron chi connectivity index (χ2n) is 8.70. The number of anilines is 2. The normalized spacial score (nSPS) is 18.7. The van der Waals surface area contributed by atoms with Gasteiger partial charge in [0.1, 0.15) is 0 Å². The molecular weight excluding hydrogens is 458 g/mol. The quantitative estimate of drug-likeness (QED) is 0.492. The molecule has 0 bridgehead atoms. The Bertz CT molecular complexity index is 1260. The van der Waals surface area contributed by atoms with Crippen LogP contribution >= 0.6 is 11.8 Å². The fourth-order valence-electron chi connectivity index (χ4n) is 4.11. The second kappa shape index (κ2) is 10.0. The van der Waals surface area contributed by atoms with Crippen LogP contribution in [0.3, 0.4) is 0 Å². The standard InChI is InChI=1S/C27H29N5O2S/c1-29(2)21-10-12-23(13-11-21)32-14-4-5-24(32)19-25-26(33)30(3)27(35-25)28-20-6-8-22(9-7-20)31-15-17-34-18-16-31/h4-14,19H,15-18H2,1-3H3/b25-19-,28-27?. The van der Waals surface area contributed by atoms with Crippen LogP contribution in [0.2, 0.25) is 0 Å². The molecule has 2 fully saturated rings. The van der Waals surface area contributed by atoms with Gasteiger partial charge in [-0.2, -0.15) is 0 Å². The van der Waals surface area contributed by atoms with Gasteiger partial charge in [0.25, 0.3) is 5.91 Å². The number of hydrogen-bond donors (Lipinski definition) is 0. The molecule has 2 aromatic carbocycles. The van der Waals surface area contributed by atoms with Crippen molar-refractivity contribution in [2.45, 2.75) is 0 Å². The van der Waals surface area contributed by atoms with E-state index in [9.17, 15) is 4.79 Å². The number of amides is 1. The van der Waals surface area contributed by atoms with Gasteiger partial charge < -0.3 is 19.1 Å². The van der Waals surface area contributed by atoms with Crippen LogP contribution in [0, 0.1) is 0 Å². The Balaban J connectivity index is 1.35. The number of carbonyl (C=O) groups is 1. The lowest BCUT2D eigenvalue weighted by Crippen LogP contribution is -2.36. The van der Waals surface area contributed by atoms with Crippen LogP contribution in [0.5, 0.6) is 0 Å². The molecule has 0 radical (unpaired) electrons. The molecule has 35 heavy (non-hydrogen) atoms. The number of benzene rings is 2. The van der Waals surface area contributed by atoms with Crippen molar-refractivity contribution >= 4 is 46.0 Å². The molecule has 1 aromatic heterocycles. The Morgan fingerprint density at radius 2 is 1.66 bits per heavy atom. The Kier molecular flexibility index (Phi) is 6.66. The SMILES string of the molecule is CN1C(=O)/C(=C/c2cccn2-c2ccc(N(C)C)cc2)SC1=Nc1ccc(N2CCOCC2)cc1. The lowest BCUT2D eigenvalue weighted by Gasteiger charge is -2.28. The van der Waals surface area contributed by atoms with Crippen molar-refractivity contribution in [1.82, 2.24) is 9.47 Å². The van der Waals surface area contributed by atoms with Crippen LogP contribution < -0.4 is 9.80 Å². The molecule has 5 rings (SSSR count). The number of hydrogen-bond acceptors (Lipinski definition) is 6. The molecule has 0 N–H and O–H groups in total. The second-order valence-corrected chi connectivity index (χ2v) is 9.71. The number of ether oxygens (including phenoxy) is 1. The van der Waals surface area contributed by atoms with Crippen molar-refractivity contribution in [3.05, 3.63) is 77.5 Å². The van der Waals surface area contributed by atoms with E-state index in [-0.39, 0.29) is 5.91 Å². The number of nitrogens with zero attached hydrogens (tertiary/aromatic N) is 5. The average molecular weight is 488 g/mol. The van der Waals surface area contributed by atoms with Gasteiger partial charge >= 0.3 is 0 Å². The maximum absolute atomic E-state index is 13.0. The molecule has 2 saturated heterocycles. The maximum Gasteiger partial charge on any atom is 0.266 e. The van der Waals surface area contributed by atoms with Crippen LogP contribution in [0.4, 0.5) is 17.1 Å². The maximum atomic E-state index is 13.0. The van der Waals surface area contributed by atoms with E-state index in [0.717, 1.165) is 49.1 Å². The summed E-state index contributed by atoms with van der Waals surface area (Å²) in [5.41, 5.74) is 5.13. The third-order valence-electron chi connectivity index (χ3n) is 6.16. The van der Waals surface area contributed by atoms with Gasteiger partial charge in [-0.3, -0.25) is 9.69 Å². The fourth-order valence-corrected chi connectivity index (χ4v) is 5.09. The fraction of sp³-hybridized carbons (Fsp3) is 0.259. The van der Waals surface area contributed by atoms with Crippen molar-refractivity contribution in [2.24, 2.45) is 4.99 Å². The molecule has 3 aromatic rings. The molecule has 1 amide bonds. The third kappa shape index (κ3) is 4.99. The first-order chi connectivity index (χ1) is 17.0. The van der Waals surface area contributed by atoms with E-state index in [1.165, 1.54) is 17.4 Å². The van der Waals surface area contributed by atoms with Crippen LogP contribution in [0.25, 0.3) is 11.8 Å². The summed E-state index contributed by atoms with van der Waals surface area (Å²) >= 11 is 1.40. The van der Waals surface area contributed by atoms with Gasteiger partial charge in [0.2, 0.25) is 0 Å². The molecule has 0 aliphatic carbocycles. The van der Waals surface area contributed by atoms with E-state index < -0.39 is 0 Å². The highest BCUT2D eigenvalue weighted by molar-refractivity contribution is 8.18. The van der Waals surface area contributed by atoms with Crippen molar-refractivity contribution in [3.63, 3.8) is 0 Å². The molecule has 2 aliphatic rings. The summed E-state index contributed by atoms with van der Waals surface area (Å²) < 4.78 is 7.52. The molecule has 3 heterocycles. The van der Waals surface area contributed by atoms with Gasteiger partial charge in [0, 0.05) is 63.2 Å². The van der Waals surface area contributed by atoms with Gasteiger partial charge in [-0.05, 0) is 78.5 Å². The van der Waals surface area contributed by atoms with Gasteiger partial charge in [-0.25, -0.2) is 4.99 Å². The molecule has 0 unspecified atom stereocenters. The van der Waals surface area contributed by atoms with E-state index in [2.05, 4.69) is 50.8 Å². The van der Waals surface area contributed by atoms with E-state index in [4.69, 9.17) is 9.73 Å². The number of aliphatic imine (C=N–C) groups is 1. The largest absolute Gasteiger partial charge is 0.378 e. The minimum Gasteiger partial charge on any atom is -0.378 e. The van der Waals surface area contributed by atoms with Crippen LogP contribution in [-0.2, 0) is 9.53 Å². The van der Waals surface area contributed by atoms with E-state index in [1.807, 2.05) is 50.6 Å². The molecule has 2 aliphatic heterocycles. The zero-order chi connectivity index (χ0) is 24.4. The van der Waals surface area contributed by atoms with E-state index >= 15 is 0 Å². The highest BCUT2D eigenvalue weighted by Gasteiger charge is 2.30. The summed E-state index contributed by atoms with van der Waals surface area (Å²) in [5.74, 6) is -0.0469. The lowest BCUT2D eigenvalue weighted by atomic mass is 10.2. The molecule has 8 heteroatoms. The molecular formula is C27H29N5O2S. The number of carbonyl (C=O) groups excluding carboxylic acids is 1. The van der Waals surface area contributed by atoms with Gasteiger partial charge in [0.05, 0.1) is 23.8 Å². The molecule has 180 valence electrons. The summed E-state index contributed by atoms with van der Waals surface area (Å²) in [6, 6.07) is 20.5. The zero-order valence-electron chi connectivity index (χ0n) is 20.2. The van der Waals surface area contributed by atoms with Gasteiger partial charge in [0.15, 0.2) is 5.17 Å². The van der Waals surface area contributed by atoms with Crippen LogP contribution in [0.15, 0.2) is 76.8 Å². The summed E-state index contributed by atoms with van der Waals surface area (Å²) in [4.78, 5) is 24.4. The molecule has 0 spiro atoms. The number of aromatic nitrogens is 1. The van der Waals surface area contributed by atoms with Crippen molar-refractivity contribution in [3.8, 4) is 5.69 Å². The van der Waals surface area contributed by atoms with Gasteiger partial charge in [-0.15, -0.1) is 0 Å². The zero-order valence-corrected chi connectivity index (χ0v) is 21.0. The summed E-state index contributed by atoms with van der Waals surface area (Å²) in [5, 5.41) is 0.675. The van der Waals surface area contributed by atoms with Crippen molar-refractivity contribution in [2.75, 3.05) is 57.2 Å². The number of likely N-dealkylation sites (N-methyl/N-ethyl adjacent to an activating group) is 1. The third-order valence-corrected chi connectivity index (χ3v) is 7.22. The van der Waals surface area contributed by atoms with Gasteiger partial charge in [-0.1, -0.05) is 0 Å². The number of thioether (sulfide) groups is 1. The Morgan fingerprint density at radius 1 is 0.971 bits per heavy atom. The molecule has 0 atom stereocenters. The topological polar surface area (TPSA) is 53.3 Å². The van der Waals surface area contributed by atoms with Crippen LogP contribution in [0.1, 0.15) is 5.69 Å². The predicted molar refractivity (Wildman–Crippen MR) is 145 cm³/mol. The Labute approximate surface area is 210 Å². The monoisotopic (exact) mass is 487 g/mol.